The number of aromatic hydroxyl groups is 8. The maximum atomic E-state index is 12.3. The normalized spacial score (nSPS) is 10.5. The van der Waals surface area contributed by atoms with Crippen LogP contribution in [0.25, 0.3) is 0 Å². The zero-order chi connectivity index (χ0) is 16.8. The first-order valence-corrected chi connectivity index (χ1v) is 5.65. The Kier molecular flexibility index (Phi) is 3.26. The minimum Gasteiger partial charge on any atom is -0.504 e. The molecule has 0 heterocycles. The molecule has 22 heavy (non-hydrogen) atoms. The molecule has 9 heteroatoms. The second-order valence-electron chi connectivity index (χ2n) is 4.30. The van der Waals surface area contributed by atoms with Crippen molar-refractivity contribution in [2.45, 2.75) is 0 Å². The molecule has 0 amide bonds. The van der Waals surface area contributed by atoms with E-state index < -0.39 is 62.9 Å². The summed E-state index contributed by atoms with van der Waals surface area (Å²) in [6.07, 6.45) is 0. The van der Waals surface area contributed by atoms with E-state index in [1.807, 2.05) is 0 Å². The highest BCUT2D eigenvalue weighted by molar-refractivity contribution is 6.17. The number of carbonyl (C=O) groups is 1. The standard InChI is InChI=1S/C13H10O9/c14-3-1-4(15)10(19)7(9(3)18)13(22)8-11(20)5(16)2-6(17)12(8)21/h1-2,14-21H. The monoisotopic (exact) mass is 310 g/mol. The molecule has 0 saturated carbocycles. The van der Waals surface area contributed by atoms with Crippen LogP contribution in [0.15, 0.2) is 12.1 Å². The van der Waals surface area contributed by atoms with Gasteiger partial charge < -0.3 is 40.9 Å². The number of rotatable bonds is 2. The fraction of sp³-hybridized carbons (Fsp3) is 0. The molecule has 0 atom stereocenters. The minimum absolute atomic E-state index is 0.557. The third-order valence-corrected chi connectivity index (χ3v) is 2.92. The van der Waals surface area contributed by atoms with E-state index in [9.17, 15) is 45.6 Å². The summed E-state index contributed by atoms with van der Waals surface area (Å²) in [4.78, 5) is 12.3. The van der Waals surface area contributed by atoms with Gasteiger partial charge in [0.15, 0.2) is 46.0 Å². The summed E-state index contributed by atoms with van der Waals surface area (Å²) in [6, 6.07) is 1.11. The van der Waals surface area contributed by atoms with E-state index >= 15 is 0 Å². The topological polar surface area (TPSA) is 179 Å². The van der Waals surface area contributed by atoms with Crippen LogP contribution >= 0.6 is 0 Å². The molecule has 0 bridgehead atoms. The van der Waals surface area contributed by atoms with Crippen molar-refractivity contribution in [2.24, 2.45) is 0 Å². The van der Waals surface area contributed by atoms with Gasteiger partial charge in [0, 0.05) is 12.1 Å². The van der Waals surface area contributed by atoms with Crippen molar-refractivity contribution in [1.82, 2.24) is 0 Å². The molecule has 0 spiro atoms. The number of phenolic OH excluding ortho intramolecular Hbond substituents is 8. The molecule has 0 radical (unpaired) electrons. The highest BCUT2D eigenvalue weighted by atomic mass is 16.3. The van der Waals surface area contributed by atoms with Gasteiger partial charge in [0.1, 0.15) is 11.1 Å². The van der Waals surface area contributed by atoms with Crippen molar-refractivity contribution in [1.29, 1.82) is 0 Å². The van der Waals surface area contributed by atoms with Crippen molar-refractivity contribution < 1.29 is 45.6 Å². The average molecular weight is 310 g/mol. The maximum Gasteiger partial charge on any atom is 0.208 e. The molecule has 2 aromatic carbocycles. The zero-order valence-electron chi connectivity index (χ0n) is 10.6. The molecule has 0 aliphatic rings. The molecule has 2 rings (SSSR count). The van der Waals surface area contributed by atoms with Gasteiger partial charge in [-0.3, -0.25) is 4.79 Å². The van der Waals surface area contributed by atoms with E-state index in [0.717, 1.165) is 0 Å². The van der Waals surface area contributed by atoms with Gasteiger partial charge in [0.2, 0.25) is 5.78 Å². The predicted octanol–water partition coefficient (Wildman–Crippen LogP) is 0.562. The Morgan fingerprint density at radius 1 is 0.545 bits per heavy atom. The molecular weight excluding hydrogens is 300 g/mol. The number of hydrogen-bond donors (Lipinski definition) is 8. The molecule has 0 aliphatic heterocycles. The summed E-state index contributed by atoms with van der Waals surface area (Å²) >= 11 is 0. The summed E-state index contributed by atoms with van der Waals surface area (Å²) in [5, 5.41) is 75.9. The fourth-order valence-corrected chi connectivity index (χ4v) is 1.82. The van der Waals surface area contributed by atoms with E-state index in [1.165, 1.54) is 0 Å². The van der Waals surface area contributed by atoms with Crippen LogP contribution in [0.2, 0.25) is 0 Å². The highest BCUT2D eigenvalue weighted by Gasteiger charge is 2.30. The Morgan fingerprint density at radius 3 is 1.00 bits per heavy atom. The Hall–Kier alpha value is -3.49. The quantitative estimate of drug-likeness (QED) is 0.223. The first-order valence-electron chi connectivity index (χ1n) is 5.65. The SMILES string of the molecule is O=C(c1c(O)c(O)cc(O)c1O)c1c(O)c(O)cc(O)c1O. The molecule has 0 aromatic heterocycles. The molecule has 2 aromatic rings. The Morgan fingerprint density at radius 2 is 0.773 bits per heavy atom. The van der Waals surface area contributed by atoms with Crippen molar-refractivity contribution >= 4 is 5.78 Å². The van der Waals surface area contributed by atoms with Gasteiger partial charge in [-0.2, -0.15) is 0 Å². The van der Waals surface area contributed by atoms with Crippen LogP contribution in [0, 0.1) is 0 Å². The van der Waals surface area contributed by atoms with Gasteiger partial charge in [0.25, 0.3) is 0 Å². The highest BCUT2D eigenvalue weighted by Crippen LogP contribution is 2.48. The van der Waals surface area contributed by atoms with Crippen molar-refractivity contribution in [3.8, 4) is 46.0 Å². The van der Waals surface area contributed by atoms with Crippen LogP contribution in [-0.4, -0.2) is 46.6 Å². The summed E-state index contributed by atoms with van der Waals surface area (Å²) in [6.45, 7) is 0. The average Bonchev–Trinajstić information content (AvgIpc) is 2.44. The van der Waals surface area contributed by atoms with Crippen molar-refractivity contribution in [3.63, 3.8) is 0 Å². The first kappa shape index (κ1) is 14.9. The number of carbonyl (C=O) groups excluding carboxylic acids is 1. The van der Waals surface area contributed by atoms with Gasteiger partial charge in [-0.15, -0.1) is 0 Å². The zero-order valence-corrected chi connectivity index (χ0v) is 10.6. The lowest BCUT2D eigenvalue weighted by atomic mass is 9.98. The molecule has 8 N–H and O–H groups in total. The summed E-state index contributed by atoms with van der Waals surface area (Å²) in [5.41, 5.74) is -2.10. The molecular formula is C13H10O9. The maximum absolute atomic E-state index is 12.3. The second kappa shape index (κ2) is 4.81. The lowest BCUT2D eigenvalue weighted by Gasteiger charge is -2.12. The summed E-state index contributed by atoms with van der Waals surface area (Å²) < 4.78 is 0. The minimum atomic E-state index is -1.47. The molecule has 0 aliphatic carbocycles. The fourth-order valence-electron chi connectivity index (χ4n) is 1.82. The molecule has 0 unspecified atom stereocenters. The van der Waals surface area contributed by atoms with E-state index in [1.54, 1.807) is 0 Å². The van der Waals surface area contributed by atoms with Gasteiger partial charge in [-0.1, -0.05) is 0 Å². The predicted molar refractivity (Wildman–Crippen MR) is 69.6 cm³/mol. The molecule has 9 nitrogen and oxygen atoms in total. The van der Waals surface area contributed by atoms with Crippen LogP contribution < -0.4 is 0 Å². The molecule has 0 saturated heterocycles. The van der Waals surface area contributed by atoms with Crippen LogP contribution in [0.5, 0.6) is 46.0 Å². The Labute approximate surface area is 121 Å². The van der Waals surface area contributed by atoms with Gasteiger partial charge in [0.05, 0.1) is 0 Å². The van der Waals surface area contributed by atoms with Gasteiger partial charge in [-0.05, 0) is 0 Å². The van der Waals surface area contributed by atoms with Crippen molar-refractivity contribution in [3.05, 3.63) is 23.3 Å². The lowest BCUT2D eigenvalue weighted by Crippen LogP contribution is -2.04. The first-order chi connectivity index (χ1) is 10.2. The Bertz CT molecular complexity index is 677. The van der Waals surface area contributed by atoms with Crippen LogP contribution in [0.1, 0.15) is 15.9 Å². The van der Waals surface area contributed by atoms with E-state index in [-0.39, 0.29) is 0 Å². The lowest BCUT2D eigenvalue weighted by molar-refractivity contribution is 0.102. The van der Waals surface area contributed by atoms with Crippen LogP contribution in [0.4, 0.5) is 0 Å². The van der Waals surface area contributed by atoms with Crippen LogP contribution in [0.3, 0.4) is 0 Å². The van der Waals surface area contributed by atoms with E-state index in [4.69, 9.17) is 0 Å². The molecule has 116 valence electrons. The summed E-state index contributed by atoms with van der Waals surface area (Å²) in [5.74, 6) is -9.84. The third-order valence-electron chi connectivity index (χ3n) is 2.92. The second-order valence-corrected chi connectivity index (χ2v) is 4.30. The third kappa shape index (κ3) is 2.00. The van der Waals surface area contributed by atoms with Crippen LogP contribution in [-0.2, 0) is 0 Å². The number of hydrogen-bond acceptors (Lipinski definition) is 9. The largest absolute Gasteiger partial charge is 0.504 e. The number of phenols is 8. The van der Waals surface area contributed by atoms with Gasteiger partial charge >= 0.3 is 0 Å². The number of benzene rings is 2. The molecule has 0 fully saturated rings. The smallest absolute Gasteiger partial charge is 0.208 e. The van der Waals surface area contributed by atoms with E-state index in [2.05, 4.69) is 0 Å². The van der Waals surface area contributed by atoms with Gasteiger partial charge in [-0.25, -0.2) is 0 Å². The van der Waals surface area contributed by atoms with E-state index in [0.29, 0.717) is 12.1 Å². The number of ketones is 1. The Balaban J connectivity index is 2.80. The van der Waals surface area contributed by atoms with Crippen molar-refractivity contribution in [2.75, 3.05) is 0 Å². The summed E-state index contributed by atoms with van der Waals surface area (Å²) in [7, 11) is 0.